The number of aromatic amines is 1. The van der Waals surface area contributed by atoms with Crippen LogP contribution in [0.3, 0.4) is 0 Å². The van der Waals surface area contributed by atoms with Gasteiger partial charge in [-0.3, -0.25) is 4.79 Å². The number of benzene rings is 1. The van der Waals surface area contributed by atoms with Crippen molar-refractivity contribution in [1.82, 2.24) is 15.0 Å². The summed E-state index contributed by atoms with van der Waals surface area (Å²) < 4.78 is 0. The molecule has 0 bridgehead atoms. The van der Waals surface area contributed by atoms with Gasteiger partial charge in [0.25, 0.3) is 0 Å². The molecule has 21 heavy (non-hydrogen) atoms. The summed E-state index contributed by atoms with van der Waals surface area (Å²) in [4.78, 5) is 22.6. The number of amides is 1. The Morgan fingerprint density at radius 3 is 2.95 bits per heavy atom. The first kappa shape index (κ1) is 13.6. The van der Waals surface area contributed by atoms with E-state index >= 15 is 0 Å². The SMILES string of the molecule is NC(=O)Cc1nc(CCc2cccc3[nH]c(N)nc23)cs1. The molecule has 7 heteroatoms. The zero-order valence-corrected chi connectivity index (χ0v) is 12.1. The van der Waals surface area contributed by atoms with Gasteiger partial charge in [-0.1, -0.05) is 12.1 Å². The molecular weight excluding hydrogens is 286 g/mol. The number of anilines is 1. The van der Waals surface area contributed by atoms with Gasteiger partial charge < -0.3 is 16.5 Å². The van der Waals surface area contributed by atoms with Crippen LogP contribution in [0.25, 0.3) is 11.0 Å². The van der Waals surface area contributed by atoms with Gasteiger partial charge in [0.15, 0.2) is 5.95 Å². The second-order valence-corrected chi connectivity index (χ2v) is 5.75. The lowest BCUT2D eigenvalue weighted by Gasteiger charge is -2.00. The lowest BCUT2D eigenvalue weighted by molar-refractivity contribution is -0.117. The van der Waals surface area contributed by atoms with Crippen molar-refractivity contribution in [3.63, 3.8) is 0 Å². The minimum Gasteiger partial charge on any atom is -0.369 e. The van der Waals surface area contributed by atoms with Crippen molar-refractivity contribution < 1.29 is 4.79 Å². The molecule has 3 rings (SSSR count). The molecule has 5 N–H and O–H groups in total. The van der Waals surface area contributed by atoms with Crippen molar-refractivity contribution in [2.75, 3.05) is 5.73 Å². The maximum absolute atomic E-state index is 10.9. The monoisotopic (exact) mass is 301 g/mol. The van der Waals surface area contributed by atoms with Crippen LogP contribution in [0.1, 0.15) is 16.3 Å². The summed E-state index contributed by atoms with van der Waals surface area (Å²) in [5.74, 6) is 0.0718. The largest absolute Gasteiger partial charge is 0.369 e. The third-order valence-electron chi connectivity index (χ3n) is 3.19. The van der Waals surface area contributed by atoms with Crippen molar-refractivity contribution >= 4 is 34.2 Å². The molecule has 0 aliphatic rings. The average Bonchev–Trinajstić information content (AvgIpc) is 3.01. The van der Waals surface area contributed by atoms with Gasteiger partial charge >= 0.3 is 0 Å². The molecule has 0 spiro atoms. The summed E-state index contributed by atoms with van der Waals surface area (Å²) >= 11 is 1.47. The van der Waals surface area contributed by atoms with Crippen LogP contribution in [0.5, 0.6) is 0 Å². The number of para-hydroxylation sites is 1. The number of aromatic nitrogens is 3. The summed E-state index contributed by atoms with van der Waals surface area (Å²) in [7, 11) is 0. The first-order valence-corrected chi connectivity index (χ1v) is 7.44. The number of nitrogens with two attached hydrogens (primary N) is 2. The summed E-state index contributed by atoms with van der Waals surface area (Å²) in [5, 5.41) is 2.73. The number of aryl methyl sites for hydroxylation is 2. The predicted octanol–water partition coefficient (Wildman–Crippen LogP) is 1.41. The van der Waals surface area contributed by atoms with E-state index in [1.807, 2.05) is 23.6 Å². The van der Waals surface area contributed by atoms with Gasteiger partial charge in [-0.05, 0) is 24.5 Å². The van der Waals surface area contributed by atoms with Crippen LogP contribution in [0, 0.1) is 0 Å². The maximum Gasteiger partial charge on any atom is 0.224 e. The number of nitrogen functional groups attached to an aromatic ring is 1. The Labute approximate surface area is 125 Å². The quantitative estimate of drug-likeness (QED) is 0.661. The Hall–Kier alpha value is -2.41. The Kier molecular flexibility index (Phi) is 3.57. The highest BCUT2D eigenvalue weighted by molar-refractivity contribution is 7.09. The van der Waals surface area contributed by atoms with Gasteiger partial charge in [-0.2, -0.15) is 0 Å². The van der Waals surface area contributed by atoms with E-state index in [-0.39, 0.29) is 12.3 Å². The molecule has 2 aromatic heterocycles. The average molecular weight is 301 g/mol. The second kappa shape index (κ2) is 5.53. The molecule has 0 saturated carbocycles. The third kappa shape index (κ3) is 3.03. The molecule has 0 fully saturated rings. The molecule has 0 radical (unpaired) electrons. The highest BCUT2D eigenvalue weighted by Gasteiger charge is 2.08. The Morgan fingerprint density at radius 2 is 2.14 bits per heavy atom. The van der Waals surface area contributed by atoms with Gasteiger partial charge in [0, 0.05) is 5.38 Å². The van der Waals surface area contributed by atoms with Gasteiger partial charge in [-0.15, -0.1) is 11.3 Å². The zero-order valence-electron chi connectivity index (χ0n) is 11.3. The molecular formula is C14H15N5OS. The summed E-state index contributed by atoms with van der Waals surface area (Å²) in [6, 6.07) is 5.98. The molecule has 0 aliphatic carbocycles. The number of rotatable bonds is 5. The van der Waals surface area contributed by atoms with Crippen LogP contribution in [-0.4, -0.2) is 20.9 Å². The summed E-state index contributed by atoms with van der Waals surface area (Å²) in [6.45, 7) is 0. The number of hydrogen-bond acceptors (Lipinski definition) is 5. The summed E-state index contributed by atoms with van der Waals surface area (Å²) in [5.41, 5.74) is 14.8. The Bertz CT molecular complexity index is 792. The number of carbonyl (C=O) groups is 1. The Morgan fingerprint density at radius 1 is 1.29 bits per heavy atom. The minimum atomic E-state index is -0.354. The zero-order chi connectivity index (χ0) is 14.8. The van der Waals surface area contributed by atoms with Crippen molar-refractivity contribution in [1.29, 1.82) is 0 Å². The number of primary amides is 1. The smallest absolute Gasteiger partial charge is 0.224 e. The first-order chi connectivity index (χ1) is 10.1. The normalized spacial score (nSPS) is 11.0. The van der Waals surface area contributed by atoms with Gasteiger partial charge in [0.2, 0.25) is 5.91 Å². The number of fused-ring (bicyclic) bond motifs is 1. The molecule has 108 valence electrons. The van der Waals surface area contributed by atoms with E-state index in [9.17, 15) is 4.79 Å². The lowest BCUT2D eigenvalue weighted by atomic mass is 10.1. The van der Waals surface area contributed by atoms with E-state index < -0.39 is 0 Å². The van der Waals surface area contributed by atoms with E-state index in [1.165, 1.54) is 11.3 Å². The fourth-order valence-electron chi connectivity index (χ4n) is 2.27. The molecule has 2 heterocycles. The fraction of sp³-hybridized carbons (Fsp3) is 0.214. The number of nitrogens with zero attached hydrogens (tertiary/aromatic N) is 2. The number of carbonyl (C=O) groups excluding carboxylic acids is 1. The number of H-pyrrole nitrogens is 1. The second-order valence-electron chi connectivity index (χ2n) is 4.81. The van der Waals surface area contributed by atoms with Crippen LogP contribution in [0.2, 0.25) is 0 Å². The number of hydrogen-bond donors (Lipinski definition) is 3. The molecule has 0 unspecified atom stereocenters. The van der Waals surface area contributed by atoms with E-state index in [0.717, 1.165) is 40.1 Å². The molecule has 1 aromatic carbocycles. The van der Waals surface area contributed by atoms with Gasteiger partial charge in [-0.25, -0.2) is 9.97 Å². The van der Waals surface area contributed by atoms with Crippen LogP contribution in [-0.2, 0) is 24.1 Å². The van der Waals surface area contributed by atoms with Crippen molar-refractivity contribution in [3.05, 3.63) is 39.8 Å². The van der Waals surface area contributed by atoms with Crippen molar-refractivity contribution in [2.45, 2.75) is 19.3 Å². The highest BCUT2D eigenvalue weighted by atomic mass is 32.1. The summed E-state index contributed by atoms with van der Waals surface area (Å²) in [6.07, 6.45) is 1.82. The van der Waals surface area contributed by atoms with Crippen LogP contribution in [0.4, 0.5) is 5.95 Å². The number of nitrogens with one attached hydrogen (secondary N) is 1. The molecule has 0 aliphatic heterocycles. The van der Waals surface area contributed by atoms with Crippen LogP contribution >= 0.6 is 11.3 Å². The Balaban J connectivity index is 1.74. The maximum atomic E-state index is 10.9. The van der Waals surface area contributed by atoms with Crippen LogP contribution in [0.15, 0.2) is 23.6 Å². The highest BCUT2D eigenvalue weighted by Crippen LogP contribution is 2.20. The third-order valence-corrected chi connectivity index (χ3v) is 4.09. The van der Waals surface area contributed by atoms with E-state index in [2.05, 4.69) is 15.0 Å². The molecule has 3 aromatic rings. The molecule has 6 nitrogen and oxygen atoms in total. The molecule has 0 atom stereocenters. The van der Waals surface area contributed by atoms with Gasteiger partial charge in [0.1, 0.15) is 5.01 Å². The number of thiazole rings is 1. The van der Waals surface area contributed by atoms with E-state index in [0.29, 0.717) is 5.95 Å². The van der Waals surface area contributed by atoms with Gasteiger partial charge in [0.05, 0.1) is 23.1 Å². The van der Waals surface area contributed by atoms with Crippen molar-refractivity contribution in [2.24, 2.45) is 5.73 Å². The van der Waals surface area contributed by atoms with E-state index in [4.69, 9.17) is 11.5 Å². The number of imidazole rings is 1. The topological polar surface area (TPSA) is 111 Å². The lowest BCUT2D eigenvalue weighted by Crippen LogP contribution is -2.13. The first-order valence-electron chi connectivity index (χ1n) is 6.56. The minimum absolute atomic E-state index is 0.205. The molecule has 0 saturated heterocycles. The van der Waals surface area contributed by atoms with Crippen molar-refractivity contribution in [3.8, 4) is 0 Å². The van der Waals surface area contributed by atoms with E-state index in [1.54, 1.807) is 0 Å². The predicted molar refractivity (Wildman–Crippen MR) is 82.9 cm³/mol. The fourth-order valence-corrected chi connectivity index (χ4v) is 3.11. The standard InChI is InChI=1S/C14H15N5OS/c15-11(20)6-12-17-9(7-21-12)5-4-8-2-1-3-10-13(8)19-14(16)18-10/h1-3,7H,4-6H2,(H2,15,20)(H3,16,18,19). The van der Waals surface area contributed by atoms with Crippen LogP contribution < -0.4 is 11.5 Å². The molecule has 1 amide bonds.